The molecule has 4 rings (SSSR count). The number of hydrogen-bond acceptors (Lipinski definition) is 8. The molecule has 2 aliphatic carbocycles. The normalized spacial score (nSPS) is 22.7. The van der Waals surface area contributed by atoms with Crippen molar-refractivity contribution in [3.8, 4) is 23.3 Å². The van der Waals surface area contributed by atoms with E-state index in [0.29, 0.717) is 24.4 Å². The Balaban J connectivity index is 1.53. The smallest absolute Gasteiger partial charge is 0.257 e. The van der Waals surface area contributed by atoms with Crippen LogP contribution in [0.2, 0.25) is 0 Å². The van der Waals surface area contributed by atoms with Crippen molar-refractivity contribution in [2.45, 2.75) is 24.8 Å². The van der Waals surface area contributed by atoms with Crippen LogP contribution in [0.3, 0.4) is 0 Å². The van der Waals surface area contributed by atoms with Gasteiger partial charge in [0.15, 0.2) is 5.82 Å². The second-order valence-corrected chi connectivity index (χ2v) is 9.53. The molecule has 3 N–H and O–H groups in total. The van der Waals surface area contributed by atoms with Gasteiger partial charge in [-0.3, -0.25) is 0 Å². The Kier molecular flexibility index (Phi) is 5.91. The fourth-order valence-corrected chi connectivity index (χ4v) is 5.41. The zero-order chi connectivity index (χ0) is 22.0. The predicted molar refractivity (Wildman–Crippen MR) is 113 cm³/mol. The molecule has 0 saturated heterocycles. The molecular formula is C21H23N5O4S. The number of aromatic nitrogens is 2. The molecule has 31 heavy (non-hydrogen) atoms. The number of nitrogens with zero attached hydrogens (tertiary/aromatic N) is 3. The van der Waals surface area contributed by atoms with E-state index < -0.39 is 10.0 Å². The summed E-state index contributed by atoms with van der Waals surface area (Å²) in [7, 11) is -1.66. The molecule has 1 heterocycles. The van der Waals surface area contributed by atoms with Crippen LogP contribution >= 0.6 is 0 Å². The van der Waals surface area contributed by atoms with E-state index in [0.717, 1.165) is 12.0 Å². The fraction of sp³-hybridized carbons (Fsp3) is 0.381. The summed E-state index contributed by atoms with van der Waals surface area (Å²) in [6.45, 7) is 0.392. The maximum atomic E-state index is 12.3. The van der Waals surface area contributed by atoms with Crippen molar-refractivity contribution in [2.75, 3.05) is 19.3 Å². The van der Waals surface area contributed by atoms with Crippen molar-refractivity contribution < 1.29 is 18.0 Å². The predicted octanol–water partition coefficient (Wildman–Crippen LogP) is 1.81. The number of phenolic OH excluding ortho intramolecular Hbond substituents is 1. The number of nitriles is 1. The average molecular weight is 442 g/mol. The Morgan fingerprint density at radius 2 is 2.19 bits per heavy atom. The van der Waals surface area contributed by atoms with Crippen LogP contribution in [0.5, 0.6) is 5.75 Å². The lowest BCUT2D eigenvalue weighted by molar-refractivity contribution is 0.410. The summed E-state index contributed by atoms with van der Waals surface area (Å²) < 4.78 is 32.9. The molecule has 0 amide bonds. The van der Waals surface area contributed by atoms with Crippen molar-refractivity contribution >= 4 is 10.0 Å². The average Bonchev–Trinajstić information content (AvgIpc) is 3.40. The summed E-state index contributed by atoms with van der Waals surface area (Å²) in [5.74, 6) is 0.650. The maximum Gasteiger partial charge on any atom is 0.257 e. The van der Waals surface area contributed by atoms with Gasteiger partial charge in [-0.15, -0.1) is 0 Å². The van der Waals surface area contributed by atoms with Crippen LogP contribution < -0.4 is 10.0 Å². The lowest BCUT2D eigenvalue weighted by Crippen LogP contribution is -2.38. The van der Waals surface area contributed by atoms with Gasteiger partial charge in [-0.1, -0.05) is 23.4 Å². The van der Waals surface area contributed by atoms with Crippen LogP contribution in [-0.4, -0.2) is 49.1 Å². The summed E-state index contributed by atoms with van der Waals surface area (Å²) in [5, 5.41) is 25.8. The van der Waals surface area contributed by atoms with Gasteiger partial charge in [0.25, 0.3) is 5.89 Å². The van der Waals surface area contributed by atoms with Gasteiger partial charge in [-0.05, 0) is 49.6 Å². The Morgan fingerprint density at radius 3 is 2.97 bits per heavy atom. The number of rotatable bonds is 7. The molecular weight excluding hydrogens is 418 g/mol. The number of benzene rings is 1. The van der Waals surface area contributed by atoms with Gasteiger partial charge in [0.2, 0.25) is 10.0 Å². The number of aromatic hydroxyl groups is 1. The standard InChI is InChI=1S/C21H23N5O4S/c1-23-9-10-31(28,29)26-18-7-6-15-16(18)3-2-4-17(15)20-24-21(30-25-20)13-5-8-19(27)14(11-13)12-22/h2-5,8,11,15,17-18,23,26-27H,6-7,9-10H2,1H3. The lowest BCUT2D eigenvalue weighted by atomic mass is 9.83. The number of phenols is 1. The molecule has 1 aromatic heterocycles. The second kappa shape index (κ2) is 8.63. The van der Waals surface area contributed by atoms with Gasteiger partial charge >= 0.3 is 0 Å². The molecule has 3 atom stereocenters. The van der Waals surface area contributed by atoms with Gasteiger partial charge in [0, 0.05) is 24.1 Å². The van der Waals surface area contributed by atoms with Gasteiger partial charge in [0.1, 0.15) is 11.8 Å². The van der Waals surface area contributed by atoms with Gasteiger partial charge in [-0.2, -0.15) is 10.2 Å². The van der Waals surface area contributed by atoms with Crippen molar-refractivity contribution in [1.82, 2.24) is 20.2 Å². The fourth-order valence-electron chi connectivity index (χ4n) is 4.14. The molecule has 0 bridgehead atoms. The van der Waals surface area contributed by atoms with Crippen LogP contribution in [0, 0.1) is 17.2 Å². The first-order valence-electron chi connectivity index (χ1n) is 10.0. The van der Waals surface area contributed by atoms with Crippen molar-refractivity contribution in [3.63, 3.8) is 0 Å². The molecule has 162 valence electrons. The molecule has 9 nitrogen and oxygen atoms in total. The zero-order valence-electron chi connectivity index (χ0n) is 16.9. The highest BCUT2D eigenvalue weighted by Crippen LogP contribution is 2.44. The van der Waals surface area contributed by atoms with Crippen LogP contribution in [0.15, 0.2) is 46.5 Å². The van der Waals surface area contributed by atoms with Gasteiger partial charge in [0.05, 0.1) is 11.3 Å². The van der Waals surface area contributed by atoms with Crippen LogP contribution in [0.4, 0.5) is 0 Å². The number of allylic oxidation sites excluding steroid dienone is 3. The first-order valence-corrected chi connectivity index (χ1v) is 11.7. The Labute approximate surface area is 180 Å². The first-order chi connectivity index (χ1) is 14.9. The van der Waals surface area contributed by atoms with Gasteiger partial charge < -0.3 is 14.9 Å². The summed E-state index contributed by atoms with van der Waals surface area (Å²) in [5.41, 5.74) is 1.71. The van der Waals surface area contributed by atoms with Crippen molar-refractivity contribution in [3.05, 3.63) is 53.4 Å². The lowest BCUT2D eigenvalue weighted by Gasteiger charge is -2.24. The van der Waals surface area contributed by atoms with E-state index in [1.54, 1.807) is 13.1 Å². The molecule has 1 aromatic carbocycles. The van der Waals surface area contributed by atoms with E-state index in [9.17, 15) is 13.5 Å². The number of hydrogen-bond donors (Lipinski definition) is 3. The molecule has 10 heteroatoms. The third kappa shape index (κ3) is 4.39. The number of fused-ring (bicyclic) bond motifs is 1. The highest BCUT2D eigenvalue weighted by Gasteiger charge is 2.39. The molecule has 0 spiro atoms. The monoisotopic (exact) mass is 441 g/mol. The molecule has 2 aliphatic rings. The van der Waals surface area contributed by atoms with E-state index >= 15 is 0 Å². The molecule has 1 fully saturated rings. The van der Waals surface area contributed by atoms with Crippen molar-refractivity contribution in [1.29, 1.82) is 5.26 Å². The molecule has 2 aromatic rings. The van der Waals surface area contributed by atoms with E-state index in [1.807, 2.05) is 24.3 Å². The largest absolute Gasteiger partial charge is 0.507 e. The highest BCUT2D eigenvalue weighted by atomic mass is 32.2. The molecule has 0 aliphatic heterocycles. The Bertz CT molecular complexity index is 1180. The van der Waals surface area contributed by atoms with E-state index in [-0.39, 0.29) is 40.8 Å². The Morgan fingerprint density at radius 1 is 1.35 bits per heavy atom. The Hall–Kier alpha value is -3.00. The molecule has 1 saturated carbocycles. The van der Waals surface area contributed by atoms with Gasteiger partial charge in [-0.25, -0.2) is 13.1 Å². The SMILES string of the molecule is CNCCS(=O)(=O)NC1CCC2C1=CC=CC2c1noc(-c2ccc(O)c(C#N)c2)n1. The van der Waals surface area contributed by atoms with E-state index in [2.05, 4.69) is 20.2 Å². The maximum absolute atomic E-state index is 12.3. The van der Waals surface area contributed by atoms with Crippen molar-refractivity contribution in [2.24, 2.45) is 5.92 Å². The quantitative estimate of drug-likeness (QED) is 0.591. The summed E-state index contributed by atoms with van der Waals surface area (Å²) in [6.07, 6.45) is 7.39. The van der Waals surface area contributed by atoms with E-state index in [4.69, 9.17) is 9.78 Å². The zero-order valence-corrected chi connectivity index (χ0v) is 17.8. The minimum atomic E-state index is -3.38. The molecule has 0 radical (unpaired) electrons. The number of sulfonamides is 1. The summed E-state index contributed by atoms with van der Waals surface area (Å²) in [6, 6.07) is 6.22. The summed E-state index contributed by atoms with van der Waals surface area (Å²) >= 11 is 0. The topological polar surface area (TPSA) is 141 Å². The van der Waals surface area contributed by atoms with Crippen LogP contribution in [0.1, 0.15) is 30.1 Å². The minimum absolute atomic E-state index is 0.0305. The minimum Gasteiger partial charge on any atom is -0.507 e. The molecule has 3 unspecified atom stereocenters. The van der Waals surface area contributed by atoms with E-state index in [1.165, 1.54) is 12.1 Å². The second-order valence-electron chi connectivity index (χ2n) is 7.66. The highest BCUT2D eigenvalue weighted by molar-refractivity contribution is 7.89. The number of nitrogens with one attached hydrogen (secondary N) is 2. The van der Waals surface area contributed by atoms with Crippen LogP contribution in [-0.2, 0) is 10.0 Å². The third-order valence-electron chi connectivity index (χ3n) is 5.68. The first kappa shape index (κ1) is 21.2. The third-order valence-corrected chi connectivity index (χ3v) is 7.07. The summed E-state index contributed by atoms with van der Waals surface area (Å²) in [4.78, 5) is 4.52. The van der Waals surface area contributed by atoms with Crippen LogP contribution in [0.25, 0.3) is 11.5 Å².